The number of hydrogen-bond donors (Lipinski definition) is 0. The lowest BCUT2D eigenvalue weighted by Crippen LogP contribution is -2.22. The minimum absolute atomic E-state index is 0.0904. The third-order valence-corrected chi connectivity index (χ3v) is 4.19. The summed E-state index contributed by atoms with van der Waals surface area (Å²) in [6.07, 6.45) is 3.71. The van der Waals surface area contributed by atoms with Crippen molar-refractivity contribution in [3.8, 4) is 5.75 Å². The lowest BCUT2D eigenvalue weighted by atomic mass is 10.1. The standard InChI is InChI=1S/C15H14INO2/c16-13-2-1-7-17(15(13)18)8-5-11-3-4-14-12(10-11)6-9-19-14/h1-4,7,10H,5-6,8-9H2. The van der Waals surface area contributed by atoms with Gasteiger partial charge in [-0.2, -0.15) is 0 Å². The molecule has 0 amide bonds. The number of rotatable bonds is 3. The van der Waals surface area contributed by atoms with E-state index in [9.17, 15) is 4.79 Å². The zero-order valence-electron chi connectivity index (χ0n) is 10.4. The Labute approximate surface area is 125 Å². The molecule has 0 N–H and O–H groups in total. The van der Waals surface area contributed by atoms with Gasteiger partial charge in [0.1, 0.15) is 5.75 Å². The van der Waals surface area contributed by atoms with Crippen molar-refractivity contribution < 1.29 is 4.74 Å². The van der Waals surface area contributed by atoms with Gasteiger partial charge in [0.2, 0.25) is 0 Å². The fourth-order valence-corrected chi connectivity index (χ4v) is 2.85. The summed E-state index contributed by atoms with van der Waals surface area (Å²) in [6, 6.07) is 10.1. The van der Waals surface area contributed by atoms with Crippen molar-refractivity contribution >= 4 is 22.6 Å². The van der Waals surface area contributed by atoms with Crippen molar-refractivity contribution in [3.05, 3.63) is 61.6 Å². The maximum Gasteiger partial charge on any atom is 0.263 e. The molecule has 2 aromatic rings. The zero-order chi connectivity index (χ0) is 13.2. The van der Waals surface area contributed by atoms with Crippen LogP contribution in [0.25, 0.3) is 0 Å². The maximum atomic E-state index is 11.9. The van der Waals surface area contributed by atoms with Gasteiger partial charge >= 0.3 is 0 Å². The highest BCUT2D eigenvalue weighted by Crippen LogP contribution is 2.26. The average molecular weight is 367 g/mol. The molecule has 0 atom stereocenters. The fourth-order valence-electron chi connectivity index (χ4n) is 2.33. The molecular formula is C15H14INO2. The summed E-state index contributed by atoms with van der Waals surface area (Å²) < 4.78 is 8.03. The van der Waals surface area contributed by atoms with E-state index < -0.39 is 0 Å². The average Bonchev–Trinajstić information content (AvgIpc) is 2.88. The fraction of sp³-hybridized carbons (Fsp3) is 0.267. The first-order chi connectivity index (χ1) is 9.24. The Kier molecular flexibility index (Phi) is 3.59. The summed E-state index contributed by atoms with van der Waals surface area (Å²) in [5.41, 5.74) is 2.63. The second-order valence-electron chi connectivity index (χ2n) is 4.65. The Bertz CT molecular complexity index is 663. The number of nitrogens with zero attached hydrogens (tertiary/aromatic N) is 1. The Morgan fingerprint density at radius 1 is 1.32 bits per heavy atom. The molecule has 0 saturated carbocycles. The van der Waals surface area contributed by atoms with Gasteiger partial charge in [-0.3, -0.25) is 4.79 Å². The second-order valence-corrected chi connectivity index (χ2v) is 5.81. The highest BCUT2D eigenvalue weighted by atomic mass is 127. The summed E-state index contributed by atoms with van der Waals surface area (Å²) >= 11 is 2.08. The zero-order valence-corrected chi connectivity index (χ0v) is 12.6. The molecule has 3 nitrogen and oxygen atoms in total. The molecule has 2 heterocycles. The molecule has 1 aromatic heterocycles. The molecule has 0 unspecified atom stereocenters. The molecule has 0 spiro atoms. The number of halogens is 1. The highest BCUT2D eigenvalue weighted by molar-refractivity contribution is 14.1. The van der Waals surface area contributed by atoms with Crippen LogP contribution in [0.1, 0.15) is 11.1 Å². The summed E-state index contributed by atoms with van der Waals surface area (Å²) in [6.45, 7) is 1.50. The largest absolute Gasteiger partial charge is 0.493 e. The first kappa shape index (κ1) is 12.7. The Hall–Kier alpha value is -1.30. The number of hydrogen-bond acceptors (Lipinski definition) is 2. The molecule has 0 radical (unpaired) electrons. The van der Waals surface area contributed by atoms with Crippen LogP contribution in [-0.2, 0) is 19.4 Å². The van der Waals surface area contributed by atoms with E-state index in [0.717, 1.165) is 35.3 Å². The van der Waals surface area contributed by atoms with Gasteiger partial charge in [-0.1, -0.05) is 12.1 Å². The lowest BCUT2D eigenvalue weighted by Gasteiger charge is -2.07. The number of benzene rings is 1. The molecule has 1 aliphatic rings. The molecule has 98 valence electrons. The van der Waals surface area contributed by atoms with E-state index in [4.69, 9.17) is 4.74 Å². The molecule has 19 heavy (non-hydrogen) atoms. The first-order valence-corrected chi connectivity index (χ1v) is 7.41. The Balaban J connectivity index is 1.76. The van der Waals surface area contributed by atoms with Crippen LogP contribution < -0.4 is 10.3 Å². The van der Waals surface area contributed by atoms with Crippen LogP contribution >= 0.6 is 22.6 Å². The SMILES string of the molecule is O=c1c(I)cccn1CCc1ccc2c(c1)CCO2. The van der Waals surface area contributed by atoms with Gasteiger partial charge in [-0.25, -0.2) is 0 Å². The van der Waals surface area contributed by atoms with Crippen molar-refractivity contribution in [2.24, 2.45) is 0 Å². The van der Waals surface area contributed by atoms with Crippen molar-refractivity contribution in [1.29, 1.82) is 0 Å². The molecule has 0 aliphatic carbocycles. The summed E-state index contributed by atoms with van der Waals surface area (Å²) in [5, 5.41) is 0. The maximum absolute atomic E-state index is 11.9. The molecule has 0 fully saturated rings. The predicted octanol–water partition coefficient (Wildman–Crippen LogP) is 2.63. The van der Waals surface area contributed by atoms with Crippen molar-refractivity contribution in [2.75, 3.05) is 6.61 Å². The monoisotopic (exact) mass is 367 g/mol. The number of pyridine rings is 1. The van der Waals surface area contributed by atoms with Gasteiger partial charge in [0.15, 0.2) is 0 Å². The molecule has 1 aliphatic heterocycles. The third kappa shape index (κ3) is 2.68. The lowest BCUT2D eigenvalue weighted by molar-refractivity contribution is 0.357. The van der Waals surface area contributed by atoms with Gasteiger partial charge in [-0.05, 0) is 58.3 Å². The van der Waals surface area contributed by atoms with E-state index >= 15 is 0 Å². The summed E-state index contributed by atoms with van der Waals surface area (Å²) in [5.74, 6) is 1.01. The van der Waals surface area contributed by atoms with Crippen LogP contribution in [-0.4, -0.2) is 11.2 Å². The topological polar surface area (TPSA) is 31.2 Å². The van der Waals surface area contributed by atoms with E-state index in [1.54, 1.807) is 4.57 Å². The minimum atomic E-state index is 0.0904. The first-order valence-electron chi connectivity index (χ1n) is 6.33. The van der Waals surface area contributed by atoms with Crippen molar-refractivity contribution in [1.82, 2.24) is 4.57 Å². The number of ether oxygens (including phenoxy) is 1. The quantitative estimate of drug-likeness (QED) is 0.782. The molecule has 0 saturated heterocycles. The van der Waals surface area contributed by atoms with Crippen LogP contribution in [0.3, 0.4) is 0 Å². The second kappa shape index (κ2) is 5.36. The van der Waals surface area contributed by atoms with E-state index in [1.807, 2.05) is 24.4 Å². The van der Waals surface area contributed by atoms with Crippen LogP contribution in [0.4, 0.5) is 0 Å². The van der Waals surface area contributed by atoms with Gasteiger partial charge in [0, 0.05) is 19.2 Å². The Morgan fingerprint density at radius 2 is 2.21 bits per heavy atom. The van der Waals surface area contributed by atoms with Crippen LogP contribution in [0.15, 0.2) is 41.3 Å². The van der Waals surface area contributed by atoms with Gasteiger partial charge in [0.25, 0.3) is 5.56 Å². The van der Waals surface area contributed by atoms with Crippen LogP contribution in [0.2, 0.25) is 0 Å². The minimum Gasteiger partial charge on any atom is -0.493 e. The normalized spacial score (nSPS) is 13.1. The molecule has 4 heteroatoms. The van der Waals surface area contributed by atoms with E-state index in [0.29, 0.717) is 0 Å². The van der Waals surface area contributed by atoms with Gasteiger partial charge < -0.3 is 9.30 Å². The third-order valence-electron chi connectivity index (χ3n) is 3.37. The van der Waals surface area contributed by atoms with E-state index in [-0.39, 0.29) is 5.56 Å². The van der Waals surface area contributed by atoms with Crippen molar-refractivity contribution in [2.45, 2.75) is 19.4 Å². The smallest absolute Gasteiger partial charge is 0.263 e. The van der Waals surface area contributed by atoms with Crippen molar-refractivity contribution in [3.63, 3.8) is 0 Å². The van der Waals surface area contributed by atoms with Gasteiger partial charge in [0.05, 0.1) is 10.2 Å². The summed E-state index contributed by atoms with van der Waals surface area (Å²) in [7, 11) is 0. The molecule has 0 bridgehead atoms. The number of aryl methyl sites for hydroxylation is 2. The molecule has 1 aromatic carbocycles. The Morgan fingerprint density at radius 3 is 3.11 bits per heavy atom. The number of aromatic nitrogens is 1. The van der Waals surface area contributed by atoms with Gasteiger partial charge in [-0.15, -0.1) is 0 Å². The molecule has 3 rings (SSSR count). The van der Waals surface area contributed by atoms with E-state index in [1.165, 1.54) is 11.1 Å². The summed E-state index contributed by atoms with van der Waals surface area (Å²) in [4.78, 5) is 11.9. The predicted molar refractivity (Wildman–Crippen MR) is 82.8 cm³/mol. The van der Waals surface area contributed by atoms with Crippen LogP contribution in [0, 0.1) is 3.57 Å². The van der Waals surface area contributed by atoms with E-state index in [2.05, 4.69) is 34.7 Å². The number of fused-ring (bicyclic) bond motifs is 1. The molecular weight excluding hydrogens is 353 g/mol. The van der Waals surface area contributed by atoms with Crippen LogP contribution in [0.5, 0.6) is 5.75 Å². The highest BCUT2D eigenvalue weighted by Gasteiger charge is 2.11.